The molecule has 25 heavy (non-hydrogen) atoms. The van der Waals surface area contributed by atoms with E-state index in [9.17, 15) is 20.2 Å². The topological polar surface area (TPSA) is 89.5 Å². The number of nitrogens with zero attached hydrogens (tertiary/aromatic N) is 3. The van der Waals surface area contributed by atoms with Gasteiger partial charge < -0.3 is 0 Å². The second-order valence-corrected chi connectivity index (χ2v) is 6.73. The number of hydrogen-bond acceptors (Lipinski definition) is 5. The highest BCUT2D eigenvalue weighted by molar-refractivity contribution is 6.35. The second-order valence-electron chi connectivity index (χ2n) is 6.35. The molecular weight excluding hydrogens is 346 g/mol. The van der Waals surface area contributed by atoms with Gasteiger partial charge >= 0.3 is 0 Å². The Balaban J connectivity index is 1.88. The minimum Gasteiger partial charge on any atom is -0.291 e. The van der Waals surface area contributed by atoms with Gasteiger partial charge in [-0.05, 0) is 29.5 Å². The van der Waals surface area contributed by atoms with Crippen LogP contribution < -0.4 is 0 Å². The minimum absolute atomic E-state index is 0.0358. The Morgan fingerprint density at radius 3 is 2.60 bits per heavy atom. The molecule has 2 aliphatic rings. The molecule has 0 spiro atoms. The highest BCUT2D eigenvalue weighted by Gasteiger charge is 2.39. The van der Waals surface area contributed by atoms with E-state index in [1.165, 1.54) is 17.2 Å². The number of hydrogen-bond donors (Lipinski definition) is 0. The fourth-order valence-electron chi connectivity index (χ4n) is 3.96. The Kier molecular flexibility index (Phi) is 3.70. The molecule has 0 aromatic heterocycles. The predicted octanol–water partition coefficient (Wildman–Crippen LogP) is 3.81. The number of fused-ring (bicyclic) bond motifs is 4. The standard InChI is InChI=1S/C17H14ClN3O4/c18-16-15(20(22)23)7-11-9-19-6-5-10-3-1-2-4-12(10)14(19)8-13(11)17(16)21(24)25/h1-4,7,14H,5-6,8-9H2. The van der Waals surface area contributed by atoms with E-state index in [4.69, 9.17) is 11.6 Å². The maximum absolute atomic E-state index is 11.6. The van der Waals surface area contributed by atoms with Crippen molar-refractivity contribution in [1.82, 2.24) is 4.90 Å². The quantitative estimate of drug-likeness (QED) is 0.600. The Bertz CT molecular complexity index is 915. The summed E-state index contributed by atoms with van der Waals surface area (Å²) in [6.07, 6.45) is 1.33. The molecule has 0 aliphatic carbocycles. The lowest BCUT2D eigenvalue weighted by atomic mass is 9.83. The smallest absolute Gasteiger partial charge is 0.291 e. The van der Waals surface area contributed by atoms with Crippen LogP contribution in [-0.4, -0.2) is 21.3 Å². The molecule has 128 valence electrons. The van der Waals surface area contributed by atoms with Gasteiger partial charge in [-0.1, -0.05) is 35.9 Å². The van der Waals surface area contributed by atoms with E-state index in [1.807, 2.05) is 12.1 Å². The molecular formula is C17H14ClN3O4. The van der Waals surface area contributed by atoms with E-state index >= 15 is 0 Å². The van der Waals surface area contributed by atoms with Gasteiger partial charge in [0.2, 0.25) is 0 Å². The highest BCUT2D eigenvalue weighted by atomic mass is 35.5. The van der Waals surface area contributed by atoms with Crippen molar-refractivity contribution in [3.8, 4) is 0 Å². The third-order valence-corrected chi connectivity index (χ3v) is 5.46. The number of nitro groups is 2. The lowest BCUT2D eigenvalue weighted by Gasteiger charge is -2.41. The van der Waals surface area contributed by atoms with E-state index in [2.05, 4.69) is 17.0 Å². The van der Waals surface area contributed by atoms with Crippen LogP contribution in [-0.2, 0) is 19.4 Å². The first-order chi connectivity index (χ1) is 12.0. The summed E-state index contributed by atoms with van der Waals surface area (Å²) in [5, 5.41) is 22.4. The number of nitro benzene ring substituents is 2. The molecule has 2 aromatic rings. The molecule has 0 N–H and O–H groups in total. The summed E-state index contributed by atoms with van der Waals surface area (Å²) in [5.41, 5.74) is 2.83. The van der Waals surface area contributed by atoms with E-state index in [0.717, 1.165) is 13.0 Å². The predicted molar refractivity (Wildman–Crippen MR) is 91.8 cm³/mol. The van der Waals surface area contributed by atoms with Crippen LogP contribution in [0.5, 0.6) is 0 Å². The average molecular weight is 360 g/mol. The van der Waals surface area contributed by atoms with Crippen LogP contribution in [0.2, 0.25) is 5.02 Å². The van der Waals surface area contributed by atoms with Gasteiger partial charge in [0.15, 0.2) is 5.02 Å². The van der Waals surface area contributed by atoms with Crippen molar-refractivity contribution in [2.24, 2.45) is 0 Å². The fraction of sp³-hybridized carbons (Fsp3) is 0.294. The first-order valence-electron chi connectivity index (χ1n) is 7.92. The monoisotopic (exact) mass is 359 g/mol. The summed E-state index contributed by atoms with van der Waals surface area (Å²) in [7, 11) is 0. The third-order valence-electron chi connectivity index (χ3n) is 5.09. The van der Waals surface area contributed by atoms with Crippen molar-refractivity contribution in [2.45, 2.75) is 25.4 Å². The molecule has 0 radical (unpaired) electrons. The van der Waals surface area contributed by atoms with E-state index in [1.54, 1.807) is 0 Å². The molecule has 7 nitrogen and oxygen atoms in total. The first-order valence-corrected chi connectivity index (χ1v) is 8.30. The van der Waals surface area contributed by atoms with Gasteiger partial charge in [0.1, 0.15) is 0 Å². The van der Waals surface area contributed by atoms with Crippen molar-refractivity contribution in [2.75, 3.05) is 6.54 Å². The summed E-state index contributed by atoms with van der Waals surface area (Å²) in [4.78, 5) is 23.7. The number of rotatable bonds is 2. The third kappa shape index (κ3) is 2.47. The van der Waals surface area contributed by atoms with E-state index in [0.29, 0.717) is 24.1 Å². The van der Waals surface area contributed by atoms with Crippen molar-refractivity contribution >= 4 is 23.0 Å². The lowest BCUT2D eigenvalue weighted by Crippen LogP contribution is -2.39. The molecule has 2 heterocycles. The van der Waals surface area contributed by atoms with Crippen LogP contribution in [0.15, 0.2) is 30.3 Å². The van der Waals surface area contributed by atoms with Gasteiger partial charge in [0, 0.05) is 30.8 Å². The van der Waals surface area contributed by atoms with Crippen molar-refractivity contribution in [3.05, 3.63) is 77.8 Å². The zero-order valence-corrected chi connectivity index (χ0v) is 13.9. The molecule has 4 rings (SSSR count). The van der Waals surface area contributed by atoms with Crippen LogP contribution in [0.3, 0.4) is 0 Å². The minimum atomic E-state index is -0.660. The van der Waals surface area contributed by atoms with Crippen LogP contribution in [0.25, 0.3) is 0 Å². The first kappa shape index (κ1) is 16.0. The van der Waals surface area contributed by atoms with Gasteiger partial charge in [-0.3, -0.25) is 25.1 Å². The maximum atomic E-state index is 11.6. The normalized spacial score (nSPS) is 18.8. The zero-order chi connectivity index (χ0) is 17.7. The SMILES string of the molecule is O=[N+]([O-])c1cc2c(c([N+](=O)[O-])c1Cl)CC1c3ccccc3CCN1C2. The van der Waals surface area contributed by atoms with Crippen molar-refractivity contribution in [1.29, 1.82) is 0 Å². The average Bonchev–Trinajstić information content (AvgIpc) is 2.59. The zero-order valence-electron chi connectivity index (χ0n) is 13.1. The van der Waals surface area contributed by atoms with Crippen molar-refractivity contribution < 1.29 is 9.85 Å². The molecule has 0 saturated heterocycles. The second kappa shape index (κ2) is 5.79. The molecule has 2 aromatic carbocycles. The summed E-state index contributed by atoms with van der Waals surface area (Å²) < 4.78 is 0. The Morgan fingerprint density at radius 1 is 1.12 bits per heavy atom. The molecule has 0 amide bonds. The summed E-state index contributed by atoms with van der Waals surface area (Å²) in [6.45, 7) is 1.28. The van der Waals surface area contributed by atoms with Crippen LogP contribution in [0.4, 0.5) is 11.4 Å². The molecule has 1 unspecified atom stereocenters. The van der Waals surface area contributed by atoms with E-state index in [-0.39, 0.29) is 16.8 Å². The Morgan fingerprint density at radius 2 is 1.88 bits per heavy atom. The Labute approximate surface area is 148 Å². The van der Waals surface area contributed by atoms with Crippen molar-refractivity contribution in [3.63, 3.8) is 0 Å². The highest BCUT2D eigenvalue weighted by Crippen LogP contribution is 2.46. The molecule has 0 saturated carbocycles. The van der Waals surface area contributed by atoms with Crippen LogP contribution >= 0.6 is 11.6 Å². The Hall–Kier alpha value is -2.51. The summed E-state index contributed by atoms with van der Waals surface area (Å²) >= 11 is 6.01. The van der Waals surface area contributed by atoms with Crippen LogP contribution in [0, 0.1) is 20.2 Å². The number of benzene rings is 2. The van der Waals surface area contributed by atoms with Crippen LogP contribution in [0.1, 0.15) is 28.3 Å². The molecule has 8 heteroatoms. The number of halogens is 1. The molecule has 0 fully saturated rings. The fourth-order valence-corrected chi connectivity index (χ4v) is 4.26. The molecule has 0 bridgehead atoms. The molecule has 2 aliphatic heterocycles. The van der Waals surface area contributed by atoms with Gasteiger partial charge in [-0.15, -0.1) is 0 Å². The maximum Gasteiger partial charge on any atom is 0.298 e. The van der Waals surface area contributed by atoms with Gasteiger partial charge in [0.05, 0.1) is 9.85 Å². The van der Waals surface area contributed by atoms with E-state index < -0.39 is 15.5 Å². The summed E-state index contributed by atoms with van der Waals surface area (Å²) in [5.74, 6) is 0. The summed E-state index contributed by atoms with van der Waals surface area (Å²) in [6, 6.07) is 9.52. The van der Waals surface area contributed by atoms with Gasteiger partial charge in [-0.25, -0.2) is 0 Å². The lowest BCUT2D eigenvalue weighted by molar-refractivity contribution is -0.394. The largest absolute Gasteiger partial charge is 0.298 e. The van der Waals surface area contributed by atoms with Gasteiger partial charge in [0.25, 0.3) is 11.4 Å². The van der Waals surface area contributed by atoms with Gasteiger partial charge in [-0.2, -0.15) is 0 Å². The molecule has 1 atom stereocenters.